The lowest BCUT2D eigenvalue weighted by Crippen LogP contribution is -2.37. The van der Waals surface area contributed by atoms with Gasteiger partial charge in [0.25, 0.3) is 5.91 Å². The van der Waals surface area contributed by atoms with E-state index in [1.54, 1.807) is 12.1 Å². The van der Waals surface area contributed by atoms with E-state index in [1.807, 2.05) is 29.2 Å². The zero-order valence-corrected chi connectivity index (χ0v) is 12.6. The number of hydrogen-bond acceptors (Lipinski definition) is 3. The second kappa shape index (κ2) is 6.18. The first-order valence-electron chi connectivity index (χ1n) is 7.62. The minimum absolute atomic E-state index is 0.0893. The first-order chi connectivity index (χ1) is 10.7. The number of benzene rings is 1. The molecule has 4 nitrogen and oxygen atoms in total. The van der Waals surface area contributed by atoms with Crippen LogP contribution in [0, 0.1) is 5.92 Å². The van der Waals surface area contributed by atoms with E-state index in [0.29, 0.717) is 29.3 Å². The predicted octanol–water partition coefficient (Wildman–Crippen LogP) is 3.63. The minimum atomic E-state index is 0.0893. The molecule has 114 valence electrons. The van der Waals surface area contributed by atoms with Gasteiger partial charge in [0.1, 0.15) is 5.76 Å². The van der Waals surface area contributed by atoms with Crippen LogP contribution in [0.5, 0.6) is 0 Å². The Hall–Kier alpha value is -2.36. The lowest BCUT2D eigenvalue weighted by molar-refractivity contribution is 0.0697. The summed E-state index contributed by atoms with van der Waals surface area (Å²) in [6.45, 7) is 3.90. The molecule has 22 heavy (non-hydrogen) atoms. The Kier molecular flexibility index (Phi) is 4.09. The van der Waals surface area contributed by atoms with Crippen molar-refractivity contribution in [2.75, 3.05) is 13.1 Å². The molecule has 0 unspecified atom stereocenters. The average molecular weight is 297 g/mol. The second-order valence-corrected chi connectivity index (χ2v) is 5.87. The van der Waals surface area contributed by atoms with Gasteiger partial charge >= 0.3 is 0 Å². The summed E-state index contributed by atoms with van der Waals surface area (Å²) in [5.41, 5.74) is 1.55. The number of carbonyl (C=O) groups excluding carboxylic acids is 2. The smallest absolute Gasteiger partial charge is 0.253 e. The summed E-state index contributed by atoms with van der Waals surface area (Å²) in [5, 5.41) is 0. The Balaban J connectivity index is 1.73. The van der Waals surface area contributed by atoms with Crippen molar-refractivity contribution in [1.29, 1.82) is 0 Å². The van der Waals surface area contributed by atoms with Gasteiger partial charge in [-0.1, -0.05) is 19.1 Å². The highest BCUT2D eigenvalue weighted by Crippen LogP contribution is 2.23. The van der Waals surface area contributed by atoms with E-state index in [1.165, 1.54) is 0 Å². The van der Waals surface area contributed by atoms with Crippen molar-refractivity contribution in [3.8, 4) is 11.3 Å². The molecule has 0 aliphatic carbocycles. The van der Waals surface area contributed by atoms with Gasteiger partial charge in [-0.15, -0.1) is 0 Å². The molecular formula is C18H19NO3. The summed E-state index contributed by atoms with van der Waals surface area (Å²) in [6, 6.07) is 10.7. The third kappa shape index (κ3) is 2.96. The number of aldehydes is 1. The molecule has 2 heterocycles. The van der Waals surface area contributed by atoms with Crippen molar-refractivity contribution in [2.45, 2.75) is 19.8 Å². The van der Waals surface area contributed by atoms with Crippen molar-refractivity contribution >= 4 is 12.2 Å². The highest BCUT2D eigenvalue weighted by Gasteiger charge is 2.21. The highest BCUT2D eigenvalue weighted by molar-refractivity contribution is 5.94. The molecule has 1 amide bonds. The fourth-order valence-electron chi connectivity index (χ4n) is 2.74. The molecule has 0 radical (unpaired) electrons. The van der Waals surface area contributed by atoms with Crippen LogP contribution < -0.4 is 0 Å². The summed E-state index contributed by atoms with van der Waals surface area (Å²) < 4.78 is 5.38. The van der Waals surface area contributed by atoms with Gasteiger partial charge in [-0.05, 0) is 43.0 Å². The first-order valence-corrected chi connectivity index (χ1v) is 7.62. The molecule has 1 aliphatic heterocycles. The lowest BCUT2D eigenvalue weighted by atomic mass is 9.98. The maximum Gasteiger partial charge on any atom is 0.253 e. The SMILES string of the molecule is CC1CCN(C(=O)c2ccc(-c3ccc(C=O)o3)cc2)CC1. The number of piperidine rings is 1. The Bertz CT molecular complexity index is 664. The van der Waals surface area contributed by atoms with E-state index in [2.05, 4.69) is 6.92 Å². The van der Waals surface area contributed by atoms with Crippen LogP contribution >= 0.6 is 0 Å². The van der Waals surface area contributed by atoms with Crippen molar-refractivity contribution in [3.05, 3.63) is 47.7 Å². The molecule has 0 spiro atoms. The Labute approximate surface area is 129 Å². The van der Waals surface area contributed by atoms with Gasteiger partial charge in [0.15, 0.2) is 12.0 Å². The first kappa shape index (κ1) is 14.6. The zero-order valence-electron chi connectivity index (χ0n) is 12.6. The number of nitrogens with zero attached hydrogens (tertiary/aromatic N) is 1. The molecule has 2 aromatic rings. The Morgan fingerprint density at radius 1 is 1.14 bits per heavy atom. The van der Waals surface area contributed by atoms with Crippen LogP contribution in [-0.2, 0) is 0 Å². The van der Waals surface area contributed by atoms with E-state index in [4.69, 9.17) is 4.42 Å². The average Bonchev–Trinajstić information content (AvgIpc) is 3.04. The van der Waals surface area contributed by atoms with Crippen molar-refractivity contribution in [3.63, 3.8) is 0 Å². The molecule has 0 bridgehead atoms. The molecule has 0 N–H and O–H groups in total. The van der Waals surface area contributed by atoms with E-state index >= 15 is 0 Å². The largest absolute Gasteiger partial charge is 0.453 e. The standard InChI is InChI=1S/C18H19NO3/c1-13-8-10-19(11-9-13)18(21)15-4-2-14(3-5-15)17-7-6-16(12-20)22-17/h2-7,12-13H,8-11H2,1H3. The molecule has 1 aromatic heterocycles. The second-order valence-electron chi connectivity index (χ2n) is 5.87. The van der Waals surface area contributed by atoms with Gasteiger partial charge in [-0.2, -0.15) is 0 Å². The van der Waals surface area contributed by atoms with Gasteiger partial charge in [0, 0.05) is 24.2 Å². The van der Waals surface area contributed by atoms with Crippen molar-refractivity contribution < 1.29 is 14.0 Å². The lowest BCUT2D eigenvalue weighted by Gasteiger charge is -2.30. The fourth-order valence-corrected chi connectivity index (χ4v) is 2.74. The zero-order chi connectivity index (χ0) is 15.5. The number of hydrogen-bond donors (Lipinski definition) is 0. The summed E-state index contributed by atoms with van der Waals surface area (Å²) in [5.74, 6) is 1.73. The number of furan rings is 1. The van der Waals surface area contributed by atoms with Gasteiger partial charge < -0.3 is 9.32 Å². The number of carbonyl (C=O) groups is 2. The van der Waals surface area contributed by atoms with E-state index in [-0.39, 0.29) is 5.91 Å². The van der Waals surface area contributed by atoms with Gasteiger partial charge in [-0.3, -0.25) is 9.59 Å². The van der Waals surface area contributed by atoms with Crippen LogP contribution in [0.1, 0.15) is 40.7 Å². The molecular weight excluding hydrogens is 278 g/mol. The molecule has 1 aliphatic rings. The predicted molar refractivity (Wildman–Crippen MR) is 83.8 cm³/mol. The van der Waals surface area contributed by atoms with Crippen LogP contribution in [0.2, 0.25) is 0 Å². The molecule has 1 fully saturated rings. The topological polar surface area (TPSA) is 50.5 Å². The van der Waals surface area contributed by atoms with E-state index in [0.717, 1.165) is 31.5 Å². The van der Waals surface area contributed by atoms with Crippen LogP contribution in [0.4, 0.5) is 0 Å². The summed E-state index contributed by atoms with van der Waals surface area (Å²) in [4.78, 5) is 25.0. The maximum absolute atomic E-state index is 12.5. The summed E-state index contributed by atoms with van der Waals surface area (Å²) in [6.07, 6.45) is 2.83. The molecule has 4 heteroatoms. The normalized spacial score (nSPS) is 15.8. The van der Waals surface area contributed by atoms with Gasteiger partial charge in [-0.25, -0.2) is 0 Å². The van der Waals surface area contributed by atoms with Crippen LogP contribution in [-0.4, -0.2) is 30.2 Å². The monoisotopic (exact) mass is 297 g/mol. The Morgan fingerprint density at radius 3 is 2.41 bits per heavy atom. The number of rotatable bonds is 3. The maximum atomic E-state index is 12.5. The van der Waals surface area contributed by atoms with E-state index < -0.39 is 0 Å². The Morgan fingerprint density at radius 2 is 1.82 bits per heavy atom. The summed E-state index contributed by atoms with van der Waals surface area (Å²) >= 11 is 0. The fraction of sp³-hybridized carbons (Fsp3) is 0.333. The van der Waals surface area contributed by atoms with Gasteiger partial charge in [0.2, 0.25) is 0 Å². The molecule has 0 atom stereocenters. The highest BCUT2D eigenvalue weighted by atomic mass is 16.3. The molecule has 1 aromatic carbocycles. The minimum Gasteiger partial charge on any atom is -0.453 e. The van der Waals surface area contributed by atoms with Crippen LogP contribution in [0.15, 0.2) is 40.8 Å². The van der Waals surface area contributed by atoms with Gasteiger partial charge in [0.05, 0.1) is 0 Å². The quantitative estimate of drug-likeness (QED) is 0.813. The third-order valence-electron chi connectivity index (χ3n) is 4.23. The summed E-state index contributed by atoms with van der Waals surface area (Å²) in [7, 11) is 0. The third-order valence-corrected chi connectivity index (χ3v) is 4.23. The van der Waals surface area contributed by atoms with Crippen molar-refractivity contribution in [2.24, 2.45) is 5.92 Å². The van der Waals surface area contributed by atoms with E-state index in [9.17, 15) is 9.59 Å². The van der Waals surface area contributed by atoms with Crippen LogP contribution in [0.25, 0.3) is 11.3 Å². The number of likely N-dealkylation sites (tertiary alicyclic amines) is 1. The van der Waals surface area contributed by atoms with Crippen LogP contribution in [0.3, 0.4) is 0 Å². The molecule has 3 rings (SSSR count). The molecule has 0 saturated carbocycles. The molecule has 1 saturated heterocycles. The number of amides is 1. The van der Waals surface area contributed by atoms with Crippen molar-refractivity contribution in [1.82, 2.24) is 4.90 Å².